The molecule has 5 N–H and O–H groups in total. The molecule has 2 aromatic heterocycles. The minimum absolute atomic E-state index is 0.00727. The lowest BCUT2D eigenvalue weighted by Crippen LogP contribution is -2.49. The lowest BCUT2D eigenvalue weighted by atomic mass is 10.0. The zero-order valence-corrected chi connectivity index (χ0v) is 25.9. The average molecular weight is 621 g/mol. The maximum absolute atomic E-state index is 13.3. The lowest BCUT2D eigenvalue weighted by Gasteiger charge is -2.23. The van der Waals surface area contributed by atoms with Gasteiger partial charge in [-0.15, -0.1) is 0 Å². The summed E-state index contributed by atoms with van der Waals surface area (Å²) in [5.41, 5.74) is 4.83. The Morgan fingerprint density at radius 3 is 2.48 bits per heavy atom. The molecule has 1 amide bonds. The van der Waals surface area contributed by atoms with Crippen LogP contribution in [0.3, 0.4) is 0 Å². The number of anilines is 1. The van der Waals surface area contributed by atoms with Gasteiger partial charge in [0, 0.05) is 42.9 Å². The van der Waals surface area contributed by atoms with Gasteiger partial charge in [0.2, 0.25) is 21.4 Å². The number of aromatic nitrogens is 3. The third kappa shape index (κ3) is 6.38. The molecule has 1 aliphatic carbocycles. The van der Waals surface area contributed by atoms with E-state index < -0.39 is 39.9 Å². The van der Waals surface area contributed by atoms with Crippen LogP contribution in [0.1, 0.15) is 56.8 Å². The maximum atomic E-state index is 13.3. The van der Waals surface area contributed by atoms with Crippen molar-refractivity contribution in [3.05, 3.63) is 86.0 Å². The number of hydrogen-bond acceptors (Lipinski definition) is 7. The summed E-state index contributed by atoms with van der Waals surface area (Å²) in [4.78, 5) is 50.6. The highest BCUT2D eigenvalue weighted by Gasteiger charge is 2.30. The van der Waals surface area contributed by atoms with Crippen LogP contribution in [0.15, 0.2) is 46.2 Å². The Kier molecular flexibility index (Phi) is 8.62. The molecular formula is C31H36N6O6S. The van der Waals surface area contributed by atoms with Gasteiger partial charge in [0.15, 0.2) is 0 Å². The number of amides is 1. The van der Waals surface area contributed by atoms with Crippen LogP contribution in [0.2, 0.25) is 0 Å². The van der Waals surface area contributed by atoms with Crippen LogP contribution in [0.5, 0.6) is 0 Å². The summed E-state index contributed by atoms with van der Waals surface area (Å²) in [6.45, 7) is 5.08. The predicted octanol–water partition coefficient (Wildman–Crippen LogP) is 3.17. The predicted molar refractivity (Wildman–Crippen MR) is 166 cm³/mol. The second kappa shape index (κ2) is 12.2. The third-order valence-corrected chi connectivity index (χ3v) is 9.64. The van der Waals surface area contributed by atoms with Crippen LogP contribution in [-0.4, -0.2) is 64.9 Å². The zero-order valence-electron chi connectivity index (χ0n) is 25.1. The van der Waals surface area contributed by atoms with Gasteiger partial charge in [0.1, 0.15) is 11.6 Å². The normalized spacial score (nSPS) is 13.8. The molecule has 1 aliphatic rings. The number of carbonyl (C=O) groups excluding carboxylic acids is 1. The molecule has 2 heterocycles. The Bertz CT molecular complexity index is 1880. The summed E-state index contributed by atoms with van der Waals surface area (Å²) in [6.07, 6.45) is 5.55. The number of pyridine rings is 1. The van der Waals surface area contributed by atoms with Gasteiger partial charge >= 0.3 is 5.97 Å². The highest BCUT2D eigenvalue weighted by Crippen LogP contribution is 2.23. The Hall–Kier alpha value is -4.49. The molecule has 0 spiro atoms. The number of imidazole rings is 1. The van der Waals surface area contributed by atoms with Crippen LogP contribution < -0.4 is 15.5 Å². The fourth-order valence-electron chi connectivity index (χ4n) is 5.83. The summed E-state index contributed by atoms with van der Waals surface area (Å²) < 4.78 is 28.6. The van der Waals surface area contributed by atoms with E-state index in [0.717, 1.165) is 47.4 Å². The standard InChI is InChI=1S/C31H36N6O6S/c1-17-11-18(2)28(19(3)12-17)44(42,43)36-26(30(40)41)16-37(4)29(39)22-15-32-25-13-20(9-10-21(25)27(22)38)14-33-31-34-23-7-5-6-8-24(23)35-31/h9-13,15,26,36H,5-8,14,16H2,1-4H3,(H,32,38)(H,40,41)(H2,33,34,35). The van der Waals surface area contributed by atoms with E-state index in [0.29, 0.717) is 34.5 Å². The minimum atomic E-state index is -4.23. The molecule has 1 atom stereocenters. The van der Waals surface area contributed by atoms with Crippen molar-refractivity contribution in [3.8, 4) is 0 Å². The van der Waals surface area contributed by atoms with Crippen molar-refractivity contribution in [1.29, 1.82) is 0 Å². The van der Waals surface area contributed by atoms with Crippen LogP contribution >= 0.6 is 0 Å². The molecule has 0 saturated heterocycles. The molecule has 0 fully saturated rings. The van der Waals surface area contributed by atoms with Gasteiger partial charge in [-0.1, -0.05) is 23.8 Å². The third-order valence-electron chi connectivity index (χ3n) is 7.86. The van der Waals surface area contributed by atoms with Crippen molar-refractivity contribution < 1.29 is 23.1 Å². The first-order valence-corrected chi connectivity index (χ1v) is 15.9. The van der Waals surface area contributed by atoms with Crippen LogP contribution in [0.25, 0.3) is 10.9 Å². The SMILES string of the molecule is Cc1cc(C)c(S(=O)(=O)NC(CN(C)C(=O)c2c[nH]c3cc(CNc4nc5c([nH]4)CCCC5)ccc3c2=O)C(=O)O)c(C)c1. The van der Waals surface area contributed by atoms with Crippen molar-refractivity contribution in [2.45, 2.75) is 63.9 Å². The van der Waals surface area contributed by atoms with Gasteiger partial charge in [0.25, 0.3) is 5.91 Å². The first kappa shape index (κ1) is 31.0. The number of aromatic amines is 2. The summed E-state index contributed by atoms with van der Waals surface area (Å²) in [6, 6.07) is 6.98. The highest BCUT2D eigenvalue weighted by atomic mass is 32.2. The van der Waals surface area contributed by atoms with Crippen molar-refractivity contribution >= 4 is 38.8 Å². The number of nitrogens with zero attached hydrogens (tertiary/aromatic N) is 2. The van der Waals surface area contributed by atoms with Crippen molar-refractivity contribution in [3.63, 3.8) is 0 Å². The van der Waals surface area contributed by atoms with E-state index in [2.05, 4.69) is 25.0 Å². The largest absolute Gasteiger partial charge is 0.480 e. The van der Waals surface area contributed by atoms with Gasteiger partial charge in [-0.25, -0.2) is 13.4 Å². The summed E-state index contributed by atoms with van der Waals surface area (Å²) in [5, 5.41) is 13.4. The quantitative estimate of drug-likeness (QED) is 0.179. The number of hydrogen-bond donors (Lipinski definition) is 5. The van der Waals surface area contributed by atoms with E-state index in [1.807, 2.05) is 13.0 Å². The number of carboxylic acids is 1. The number of benzene rings is 2. The molecule has 232 valence electrons. The number of aliphatic carboxylic acids is 1. The van der Waals surface area contributed by atoms with E-state index in [9.17, 15) is 27.9 Å². The number of sulfonamides is 1. The topological polar surface area (TPSA) is 177 Å². The lowest BCUT2D eigenvalue weighted by molar-refractivity contribution is -0.139. The average Bonchev–Trinajstić information content (AvgIpc) is 3.38. The second-order valence-corrected chi connectivity index (χ2v) is 13.1. The van der Waals surface area contributed by atoms with Gasteiger partial charge in [-0.2, -0.15) is 4.72 Å². The second-order valence-electron chi connectivity index (χ2n) is 11.4. The summed E-state index contributed by atoms with van der Waals surface area (Å²) in [7, 11) is -2.91. The highest BCUT2D eigenvalue weighted by molar-refractivity contribution is 7.89. The van der Waals surface area contributed by atoms with E-state index in [1.54, 1.807) is 38.1 Å². The fraction of sp³-hybridized carbons (Fsp3) is 0.355. The first-order valence-electron chi connectivity index (χ1n) is 14.4. The molecule has 44 heavy (non-hydrogen) atoms. The Balaban J connectivity index is 1.29. The molecule has 5 rings (SSSR count). The molecule has 0 bridgehead atoms. The van der Waals surface area contributed by atoms with Crippen LogP contribution in [0.4, 0.5) is 5.95 Å². The zero-order chi connectivity index (χ0) is 31.8. The van der Waals surface area contributed by atoms with Crippen molar-refractivity contribution in [2.75, 3.05) is 18.9 Å². The molecule has 4 aromatic rings. The smallest absolute Gasteiger partial charge is 0.323 e. The molecule has 1 unspecified atom stereocenters. The Morgan fingerprint density at radius 1 is 1.09 bits per heavy atom. The number of nitrogens with one attached hydrogen (secondary N) is 4. The minimum Gasteiger partial charge on any atom is -0.480 e. The van der Waals surface area contributed by atoms with Crippen molar-refractivity contribution in [2.24, 2.45) is 0 Å². The van der Waals surface area contributed by atoms with Crippen LogP contribution in [0, 0.1) is 20.8 Å². The molecule has 13 heteroatoms. The number of aryl methyl sites for hydroxylation is 5. The molecule has 2 aromatic carbocycles. The number of carboxylic acid groups (broad SMARTS) is 1. The first-order chi connectivity index (χ1) is 20.8. The number of carbonyl (C=O) groups is 2. The van der Waals surface area contributed by atoms with E-state index >= 15 is 0 Å². The van der Waals surface area contributed by atoms with Gasteiger partial charge in [-0.3, -0.25) is 14.4 Å². The molecule has 0 saturated carbocycles. The van der Waals surface area contributed by atoms with Gasteiger partial charge < -0.3 is 25.3 Å². The molecular weight excluding hydrogens is 584 g/mol. The molecule has 0 aliphatic heterocycles. The van der Waals surface area contributed by atoms with Crippen molar-refractivity contribution in [1.82, 2.24) is 24.6 Å². The van der Waals surface area contributed by atoms with Gasteiger partial charge in [-0.05, 0) is 75.3 Å². The van der Waals surface area contributed by atoms with Crippen LogP contribution in [-0.2, 0) is 34.2 Å². The van der Waals surface area contributed by atoms with E-state index in [-0.39, 0.29) is 10.5 Å². The van der Waals surface area contributed by atoms with Gasteiger partial charge in [0.05, 0.1) is 10.6 Å². The summed E-state index contributed by atoms with van der Waals surface area (Å²) in [5.74, 6) is -1.49. The Morgan fingerprint density at radius 2 is 1.80 bits per heavy atom. The fourth-order valence-corrected chi connectivity index (χ4v) is 7.46. The van der Waals surface area contributed by atoms with E-state index in [4.69, 9.17) is 0 Å². The monoisotopic (exact) mass is 620 g/mol. The molecule has 12 nitrogen and oxygen atoms in total. The number of H-pyrrole nitrogens is 2. The number of rotatable bonds is 10. The summed E-state index contributed by atoms with van der Waals surface area (Å²) >= 11 is 0. The van der Waals surface area contributed by atoms with E-state index in [1.165, 1.54) is 18.9 Å². The molecule has 0 radical (unpaired) electrons. The number of fused-ring (bicyclic) bond motifs is 2. The maximum Gasteiger partial charge on any atom is 0.323 e. The Labute approximate surface area is 255 Å². The number of likely N-dealkylation sites (N-methyl/N-ethyl adjacent to an activating group) is 1.